The fourth-order valence-corrected chi connectivity index (χ4v) is 1.92. The third kappa shape index (κ3) is 12.7. The van der Waals surface area contributed by atoms with Crippen molar-refractivity contribution < 1.29 is 19.1 Å². The molecule has 0 aliphatic rings. The fourth-order valence-electron chi connectivity index (χ4n) is 1.92. The molecular weight excluding hydrogens is 280 g/mol. The van der Waals surface area contributed by atoms with Crippen LogP contribution in [-0.2, 0) is 19.1 Å². The van der Waals surface area contributed by atoms with E-state index in [0.29, 0.717) is 25.4 Å². The van der Waals surface area contributed by atoms with E-state index in [1.54, 1.807) is 0 Å². The number of ether oxygens (including phenoxy) is 2. The maximum atomic E-state index is 11.6. The van der Waals surface area contributed by atoms with Gasteiger partial charge in [0.1, 0.15) is 6.10 Å². The van der Waals surface area contributed by atoms with Crippen molar-refractivity contribution in [3.8, 4) is 0 Å². The highest BCUT2D eigenvalue weighted by Gasteiger charge is 2.13. The predicted octanol–water partition coefficient (Wildman–Crippen LogP) is 4.65. The fraction of sp³-hybridized carbons (Fsp3) is 0.889. The molecule has 130 valence electrons. The zero-order chi connectivity index (χ0) is 16.8. The summed E-state index contributed by atoms with van der Waals surface area (Å²) >= 11 is 0. The molecule has 0 spiro atoms. The second-order valence-electron chi connectivity index (χ2n) is 6.28. The second-order valence-corrected chi connectivity index (χ2v) is 6.28. The molecule has 0 bridgehead atoms. The highest BCUT2D eigenvalue weighted by molar-refractivity contribution is 5.72. The first-order chi connectivity index (χ1) is 10.5. The largest absolute Gasteiger partial charge is 0.466 e. The van der Waals surface area contributed by atoms with Gasteiger partial charge in [0.25, 0.3) is 0 Å². The monoisotopic (exact) mass is 314 g/mol. The van der Waals surface area contributed by atoms with Gasteiger partial charge in [-0.25, -0.2) is 0 Å². The van der Waals surface area contributed by atoms with Gasteiger partial charge in [0.05, 0.1) is 6.61 Å². The quantitative estimate of drug-likeness (QED) is 0.367. The Morgan fingerprint density at radius 1 is 0.818 bits per heavy atom. The van der Waals surface area contributed by atoms with Gasteiger partial charge in [-0.2, -0.15) is 0 Å². The highest BCUT2D eigenvalue weighted by atomic mass is 16.5. The first kappa shape index (κ1) is 20.9. The Morgan fingerprint density at radius 3 is 2.05 bits per heavy atom. The van der Waals surface area contributed by atoms with Gasteiger partial charge in [-0.05, 0) is 25.7 Å². The molecule has 0 heterocycles. The van der Waals surface area contributed by atoms with Gasteiger partial charge in [-0.15, -0.1) is 0 Å². The molecule has 0 aromatic heterocycles. The Bertz CT molecular complexity index is 299. The van der Waals surface area contributed by atoms with E-state index < -0.39 is 0 Å². The van der Waals surface area contributed by atoms with Crippen LogP contribution in [0.1, 0.15) is 85.5 Å². The molecule has 22 heavy (non-hydrogen) atoms. The molecule has 1 atom stereocenters. The van der Waals surface area contributed by atoms with E-state index in [0.717, 1.165) is 12.8 Å². The second kappa shape index (κ2) is 13.6. The van der Waals surface area contributed by atoms with Crippen molar-refractivity contribution >= 4 is 11.9 Å². The van der Waals surface area contributed by atoms with Crippen LogP contribution in [0.4, 0.5) is 0 Å². The van der Waals surface area contributed by atoms with E-state index in [4.69, 9.17) is 9.47 Å². The molecule has 0 aromatic carbocycles. The number of unbranched alkanes of at least 4 members (excludes halogenated alkanes) is 5. The topological polar surface area (TPSA) is 52.6 Å². The van der Waals surface area contributed by atoms with Crippen LogP contribution in [0.15, 0.2) is 0 Å². The van der Waals surface area contributed by atoms with Crippen molar-refractivity contribution in [1.29, 1.82) is 0 Å². The summed E-state index contributed by atoms with van der Waals surface area (Å²) in [5.74, 6) is -0.130. The highest BCUT2D eigenvalue weighted by Crippen LogP contribution is 2.09. The van der Waals surface area contributed by atoms with Crippen LogP contribution >= 0.6 is 0 Å². The van der Waals surface area contributed by atoms with Crippen LogP contribution in [0.5, 0.6) is 0 Å². The van der Waals surface area contributed by atoms with E-state index in [1.165, 1.54) is 25.7 Å². The van der Waals surface area contributed by atoms with E-state index in [-0.39, 0.29) is 24.5 Å². The molecule has 1 unspecified atom stereocenters. The first-order valence-electron chi connectivity index (χ1n) is 8.82. The van der Waals surface area contributed by atoms with Gasteiger partial charge >= 0.3 is 11.9 Å². The minimum absolute atomic E-state index is 0.0767. The standard InChI is InChI=1S/C18H34O4/c1-5-6-7-8-9-10-14-21-17(19)12-11-13-18(20)22-16(4)15(2)3/h15-16H,5-14H2,1-4H3. The third-order valence-corrected chi connectivity index (χ3v) is 3.78. The Morgan fingerprint density at radius 2 is 1.41 bits per heavy atom. The molecule has 4 heteroatoms. The van der Waals surface area contributed by atoms with Crippen LogP contribution in [-0.4, -0.2) is 24.6 Å². The molecule has 0 rings (SSSR count). The van der Waals surface area contributed by atoms with Gasteiger partial charge in [-0.1, -0.05) is 52.9 Å². The summed E-state index contributed by atoms with van der Waals surface area (Å²) < 4.78 is 10.4. The number of carbonyl (C=O) groups is 2. The number of rotatable bonds is 13. The Kier molecular flexibility index (Phi) is 12.9. The lowest BCUT2D eigenvalue weighted by atomic mass is 10.1. The molecule has 0 fully saturated rings. The third-order valence-electron chi connectivity index (χ3n) is 3.78. The number of carbonyl (C=O) groups excluding carboxylic acids is 2. The van der Waals surface area contributed by atoms with Crippen molar-refractivity contribution in [2.45, 2.75) is 91.6 Å². The summed E-state index contributed by atoms with van der Waals surface area (Å²) in [6.07, 6.45) is 8.05. The summed E-state index contributed by atoms with van der Waals surface area (Å²) in [6, 6.07) is 0. The van der Waals surface area contributed by atoms with Gasteiger partial charge in [0.15, 0.2) is 0 Å². The van der Waals surface area contributed by atoms with Gasteiger partial charge in [0, 0.05) is 12.8 Å². The number of hydrogen-bond donors (Lipinski definition) is 0. The number of esters is 2. The molecule has 0 aromatic rings. The minimum Gasteiger partial charge on any atom is -0.466 e. The molecule has 0 saturated carbocycles. The summed E-state index contributed by atoms with van der Waals surface area (Å²) in [7, 11) is 0. The number of hydrogen-bond acceptors (Lipinski definition) is 4. The maximum absolute atomic E-state index is 11.6. The van der Waals surface area contributed by atoms with Crippen LogP contribution in [0, 0.1) is 5.92 Å². The summed E-state index contributed by atoms with van der Waals surface area (Å²) in [5.41, 5.74) is 0. The Balaban J connectivity index is 3.48. The van der Waals surface area contributed by atoms with Crippen molar-refractivity contribution in [2.24, 2.45) is 5.92 Å². The Labute approximate surface area is 135 Å². The van der Waals surface area contributed by atoms with E-state index >= 15 is 0 Å². The van der Waals surface area contributed by atoms with Crippen molar-refractivity contribution in [1.82, 2.24) is 0 Å². The summed E-state index contributed by atoms with van der Waals surface area (Å²) in [6.45, 7) is 8.60. The average molecular weight is 314 g/mol. The van der Waals surface area contributed by atoms with Crippen LogP contribution in [0.2, 0.25) is 0 Å². The molecule has 4 nitrogen and oxygen atoms in total. The van der Waals surface area contributed by atoms with Crippen LogP contribution in [0.3, 0.4) is 0 Å². The molecule has 0 amide bonds. The first-order valence-corrected chi connectivity index (χ1v) is 8.82. The van der Waals surface area contributed by atoms with Gasteiger partial charge in [-0.3, -0.25) is 9.59 Å². The van der Waals surface area contributed by atoms with Gasteiger partial charge < -0.3 is 9.47 Å². The zero-order valence-corrected chi connectivity index (χ0v) is 14.9. The summed E-state index contributed by atoms with van der Waals surface area (Å²) in [4.78, 5) is 23.1. The maximum Gasteiger partial charge on any atom is 0.306 e. The molecule has 0 N–H and O–H groups in total. The van der Waals surface area contributed by atoms with Crippen LogP contribution in [0.25, 0.3) is 0 Å². The molecule has 0 aliphatic heterocycles. The van der Waals surface area contributed by atoms with Crippen molar-refractivity contribution in [3.05, 3.63) is 0 Å². The average Bonchev–Trinajstić information content (AvgIpc) is 2.46. The van der Waals surface area contributed by atoms with Crippen molar-refractivity contribution in [2.75, 3.05) is 6.61 Å². The van der Waals surface area contributed by atoms with Gasteiger partial charge in [0.2, 0.25) is 0 Å². The van der Waals surface area contributed by atoms with Crippen molar-refractivity contribution in [3.63, 3.8) is 0 Å². The lowest BCUT2D eigenvalue weighted by Gasteiger charge is -2.16. The van der Waals surface area contributed by atoms with E-state index in [1.807, 2.05) is 20.8 Å². The molecular formula is C18H34O4. The van der Waals surface area contributed by atoms with E-state index in [2.05, 4.69) is 6.92 Å². The Hall–Kier alpha value is -1.06. The molecule has 0 aliphatic carbocycles. The lowest BCUT2D eigenvalue weighted by Crippen LogP contribution is -2.20. The lowest BCUT2D eigenvalue weighted by molar-refractivity contribution is -0.150. The van der Waals surface area contributed by atoms with E-state index in [9.17, 15) is 9.59 Å². The minimum atomic E-state index is -0.232. The molecule has 0 radical (unpaired) electrons. The smallest absolute Gasteiger partial charge is 0.306 e. The normalized spacial score (nSPS) is 12.2. The predicted molar refractivity (Wildman–Crippen MR) is 88.6 cm³/mol. The van der Waals surface area contributed by atoms with Crippen LogP contribution < -0.4 is 0 Å². The molecule has 0 saturated heterocycles. The zero-order valence-electron chi connectivity index (χ0n) is 14.9. The summed E-state index contributed by atoms with van der Waals surface area (Å²) in [5, 5.41) is 0. The SMILES string of the molecule is CCCCCCCCOC(=O)CCCC(=O)OC(C)C(C)C.